The Hall–Kier alpha value is -2.79. The lowest BCUT2D eigenvalue weighted by atomic mass is 10.2. The predicted molar refractivity (Wildman–Crippen MR) is 150 cm³/mol. The molecule has 0 saturated carbocycles. The summed E-state index contributed by atoms with van der Waals surface area (Å²) in [5.74, 6) is 0.356. The van der Waals surface area contributed by atoms with E-state index in [0.717, 1.165) is 57.7 Å². The van der Waals surface area contributed by atoms with E-state index in [-0.39, 0.29) is 11.7 Å². The molecule has 10 heteroatoms. The summed E-state index contributed by atoms with van der Waals surface area (Å²) in [6.45, 7) is 4.51. The van der Waals surface area contributed by atoms with Crippen LogP contribution in [-0.2, 0) is 4.79 Å². The third-order valence-electron chi connectivity index (χ3n) is 6.06. The van der Waals surface area contributed by atoms with E-state index in [1.165, 1.54) is 23.5 Å². The van der Waals surface area contributed by atoms with E-state index in [9.17, 15) is 9.90 Å². The number of nitrogens with zero attached hydrogens (tertiary/aromatic N) is 4. The van der Waals surface area contributed by atoms with E-state index in [0.29, 0.717) is 13.1 Å². The molecule has 36 heavy (non-hydrogen) atoms. The Bertz CT molecular complexity index is 1410. The summed E-state index contributed by atoms with van der Waals surface area (Å²) in [6, 6.07) is 20.2. The minimum absolute atomic E-state index is 0.111. The van der Waals surface area contributed by atoms with Gasteiger partial charge in [0.25, 0.3) is 0 Å². The van der Waals surface area contributed by atoms with Gasteiger partial charge in [-0.05, 0) is 36.4 Å². The fraction of sp³-hybridized carbons (Fsp3) is 0.192. The average molecular weight is 551 g/mol. The zero-order chi connectivity index (χ0) is 24.6. The highest BCUT2D eigenvalue weighted by atomic mass is 32.2. The molecule has 182 valence electrons. The molecular weight excluding hydrogens is 529 g/mol. The number of aromatic hydroxyl groups is 1. The highest BCUT2D eigenvalue weighted by Gasteiger charge is 2.22. The number of piperazine rings is 1. The van der Waals surface area contributed by atoms with Gasteiger partial charge >= 0.3 is 0 Å². The number of anilines is 1. The number of para-hydroxylation sites is 2. The number of phenolic OH excluding ortho intramolecular Hbond substituents is 1. The third kappa shape index (κ3) is 4.78. The molecular formula is C26H22N4O2S4. The summed E-state index contributed by atoms with van der Waals surface area (Å²) in [4.78, 5) is 27.0. The van der Waals surface area contributed by atoms with Crippen LogP contribution in [0.4, 0.5) is 5.69 Å². The van der Waals surface area contributed by atoms with Crippen molar-refractivity contribution in [3.05, 3.63) is 60.7 Å². The molecule has 1 fully saturated rings. The first-order valence-electron chi connectivity index (χ1n) is 11.5. The molecule has 1 N–H and O–H groups in total. The first-order valence-corrected chi connectivity index (χ1v) is 14.7. The number of aromatic nitrogens is 2. The Balaban J connectivity index is 1.36. The molecule has 0 unspecified atom stereocenters. The van der Waals surface area contributed by atoms with Gasteiger partial charge in [0.1, 0.15) is 5.75 Å². The zero-order valence-corrected chi connectivity index (χ0v) is 22.6. The van der Waals surface area contributed by atoms with Crippen LogP contribution in [-0.4, -0.2) is 52.1 Å². The van der Waals surface area contributed by atoms with Crippen LogP contribution in [0.5, 0.6) is 5.75 Å². The zero-order valence-electron chi connectivity index (χ0n) is 19.4. The lowest BCUT2D eigenvalue weighted by Crippen LogP contribution is -2.48. The molecule has 6 nitrogen and oxygen atoms in total. The maximum absolute atomic E-state index is 11.8. The van der Waals surface area contributed by atoms with E-state index >= 15 is 0 Å². The Morgan fingerprint density at radius 1 is 0.833 bits per heavy atom. The van der Waals surface area contributed by atoms with E-state index in [1.54, 1.807) is 29.6 Å². The van der Waals surface area contributed by atoms with Crippen molar-refractivity contribution in [2.75, 3.05) is 31.1 Å². The molecule has 0 spiro atoms. The highest BCUT2D eigenvalue weighted by Crippen LogP contribution is 2.47. The first-order chi connectivity index (χ1) is 17.5. The topological polar surface area (TPSA) is 69.6 Å². The number of benzene rings is 3. The van der Waals surface area contributed by atoms with Crippen molar-refractivity contribution < 1.29 is 9.90 Å². The van der Waals surface area contributed by atoms with Crippen LogP contribution >= 0.6 is 46.2 Å². The number of fused-ring (bicyclic) bond motifs is 2. The van der Waals surface area contributed by atoms with Crippen molar-refractivity contribution in [2.45, 2.75) is 25.4 Å². The van der Waals surface area contributed by atoms with Crippen molar-refractivity contribution in [3.8, 4) is 5.75 Å². The predicted octanol–water partition coefficient (Wildman–Crippen LogP) is 6.58. The van der Waals surface area contributed by atoms with Crippen LogP contribution in [0.2, 0.25) is 0 Å². The van der Waals surface area contributed by atoms with E-state index in [2.05, 4.69) is 17.0 Å². The van der Waals surface area contributed by atoms with Gasteiger partial charge in [-0.25, -0.2) is 9.97 Å². The van der Waals surface area contributed by atoms with Gasteiger partial charge in [-0.2, -0.15) is 0 Å². The minimum Gasteiger partial charge on any atom is -0.506 e. The van der Waals surface area contributed by atoms with E-state index in [4.69, 9.17) is 9.97 Å². The van der Waals surface area contributed by atoms with Gasteiger partial charge in [0, 0.05) is 38.8 Å². The van der Waals surface area contributed by atoms with Crippen LogP contribution in [0, 0.1) is 0 Å². The van der Waals surface area contributed by atoms with Crippen molar-refractivity contribution in [2.24, 2.45) is 0 Å². The molecule has 1 amide bonds. The number of rotatable bonds is 5. The van der Waals surface area contributed by atoms with Gasteiger partial charge in [0.05, 0.1) is 30.2 Å². The molecule has 3 heterocycles. The second-order valence-electron chi connectivity index (χ2n) is 8.38. The number of thiazole rings is 2. The number of hydrogen-bond donors (Lipinski definition) is 1. The molecule has 1 aliphatic heterocycles. The van der Waals surface area contributed by atoms with Crippen LogP contribution in [0.25, 0.3) is 20.4 Å². The molecule has 0 bridgehead atoms. The summed E-state index contributed by atoms with van der Waals surface area (Å²) < 4.78 is 4.03. The van der Waals surface area contributed by atoms with Crippen molar-refractivity contribution in [3.63, 3.8) is 0 Å². The summed E-state index contributed by atoms with van der Waals surface area (Å²) in [6.07, 6.45) is 0. The van der Waals surface area contributed by atoms with E-state index in [1.807, 2.05) is 53.4 Å². The SMILES string of the molecule is CC(=O)N1CCN(c2cc(Sc3nc4ccccc4s3)c(O)c(Sc3nc4ccccc4s3)c2)CC1. The maximum atomic E-state index is 11.8. The Morgan fingerprint density at radius 2 is 1.33 bits per heavy atom. The monoisotopic (exact) mass is 550 g/mol. The van der Waals surface area contributed by atoms with Gasteiger partial charge < -0.3 is 14.9 Å². The lowest BCUT2D eigenvalue weighted by molar-refractivity contribution is -0.129. The molecule has 1 aliphatic rings. The quantitative estimate of drug-likeness (QED) is 0.265. The second-order valence-corrected chi connectivity index (χ2v) is 13.0. The molecule has 1 saturated heterocycles. The Morgan fingerprint density at radius 3 is 1.81 bits per heavy atom. The molecule has 3 aromatic carbocycles. The number of amides is 1. The standard InChI is InChI=1S/C26H22N4O2S4/c1-16(31)29-10-12-30(13-11-29)17-14-22(35-25-27-18-6-2-4-8-20(18)33-25)24(32)23(15-17)36-26-28-19-7-3-5-9-21(19)34-26/h2-9,14-15,32H,10-13H2,1H3. The Kier molecular flexibility index (Phi) is 6.51. The van der Waals surface area contributed by atoms with Gasteiger partial charge in [0.2, 0.25) is 5.91 Å². The van der Waals surface area contributed by atoms with Crippen LogP contribution in [0.3, 0.4) is 0 Å². The van der Waals surface area contributed by atoms with E-state index < -0.39 is 0 Å². The van der Waals surface area contributed by atoms with Crippen molar-refractivity contribution in [1.82, 2.24) is 14.9 Å². The number of phenols is 1. The average Bonchev–Trinajstić information content (AvgIpc) is 3.49. The normalized spacial score (nSPS) is 14.1. The summed E-state index contributed by atoms with van der Waals surface area (Å²) in [7, 11) is 0. The number of hydrogen-bond acceptors (Lipinski definition) is 9. The lowest BCUT2D eigenvalue weighted by Gasteiger charge is -2.36. The van der Waals surface area contributed by atoms with Gasteiger partial charge in [0.15, 0.2) is 8.68 Å². The van der Waals surface area contributed by atoms with Gasteiger partial charge in [-0.3, -0.25) is 4.79 Å². The van der Waals surface area contributed by atoms with Crippen LogP contribution in [0.15, 0.2) is 79.1 Å². The largest absolute Gasteiger partial charge is 0.506 e. The number of carbonyl (C=O) groups excluding carboxylic acids is 1. The molecule has 5 aromatic rings. The van der Waals surface area contributed by atoms with Gasteiger partial charge in [-0.1, -0.05) is 47.8 Å². The fourth-order valence-corrected chi connectivity index (χ4v) is 8.47. The molecule has 0 aliphatic carbocycles. The third-order valence-corrected chi connectivity index (χ3v) is 10.3. The molecule has 0 atom stereocenters. The second kappa shape index (κ2) is 9.93. The molecule has 6 rings (SSSR count). The molecule has 0 radical (unpaired) electrons. The minimum atomic E-state index is 0.111. The van der Waals surface area contributed by atoms with Crippen LogP contribution in [0.1, 0.15) is 6.92 Å². The number of carbonyl (C=O) groups is 1. The Labute approximate surface area is 225 Å². The van der Waals surface area contributed by atoms with Crippen molar-refractivity contribution in [1.29, 1.82) is 0 Å². The summed E-state index contributed by atoms with van der Waals surface area (Å²) in [5, 5.41) is 11.3. The smallest absolute Gasteiger partial charge is 0.219 e. The highest BCUT2D eigenvalue weighted by molar-refractivity contribution is 8.02. The first kappa shape index (κ1) is 23.6. The maximum Gasteiger partial charge on any atom is 0.219 e. The fourth-order valence-electron chi connectivity index (χ4n) is 4.16. The van der Waals surface area contributed by atoms with Crippen LogP contribution < -0.4 is 4.90 Å². The summed E-state index contributed by atoms with van der Waals surface area (Å²) in [5.41, 5.74) is 2.96. The van der Waals surface area contributed by atoms with Crippen molar-refractivity contribution >= 4 is 78.2 Å². The summed E-state index contributed by atoms with van der Waals surface area (Å²) >= 11 is 6.23. The molecule has 2 aromatic heterocycles. The van der Waals surface area contributed by atoms with Gasteiger partial charge in [-0.15, -0.1) is 22.7 Å².